The molecule has 1 fully saturated rings. The first-order valence-corrected chi connectivity index (χ1v) is 9.81. The molecule has 142 valence electrons. The van der Waals surface area contributed by atoms with Crippen LogP contribution in [0.3, 0.4) is 0 Å². The molecule has 0 aromatic heterocycles. The molecule has 1 heterocycles. The molecule has 0 unspecified atom stereocenters. The minimum absolute atomic E-state index is 0.0452. The average Bonchev–Trinajstić information content (AvgIpc) is 2.86. The molecule has 0 saturated carbocycles. The van der Waals surface area contributed by atoms with E-state index in [1.165, 1.54) is 18.4 Å². The number of benzene rings is 1. The standard InChI is InChI=1S/C17H28N2O5S/c1-12-16(23-4)7-6-13(17(12)24-5)8-19-9-14(15(20)10-19)11-25(21,22)18(2)3/h6-7,14-15,20H,8-11H2,1-5H3/t14-,15+/m0/s1. The fraction of sp³-hybridized carbons (Fsp3) is 0.647. The van der Waals surface area contributed by atoms with Gasteiger partial charge in [0, 0.05) is 50.8 Å². The Balaban J connectivity index is 2.12. The topological polar surface area (TPSA) is 79.3 Å². The van der Waals surface area contributed by atoms with Crippen molar-refractivity contribution in [2.24, 2.45) is 5.92 Å². The number of nitrogens with zero attached hydrogens (tertiary/aromatic N) is 2. The van der Waals surface area contributed by atoms with Crippen LogP contribution in [-0.2, 0) is 16.6 Å². The van der Waals surface area contributed by atoms with Crippen LogP contribution in [0.1, 0.15) is 11.1 Å². The Morgan fingerprint density at radius 1 is 1.24 bits per heavy atom. The summed E-state index contributed by atoms with van der Waals surface area (Å²) in [6, 6.07) is 3.84. The highest BCUT2D eigenvalue weighted by Gasteiger charge is 2.35. The fourth-order valence-corrected chi connectivity index (χ4v) is 4.42. The number of hydrogen-bond donors (Lipinski definition) is 1. The number of aliphatic hydroxyl groups is 1. The molecular formula is C17H28N2O5S. The smallest absolute Gasteiger partial charge is 0.214 e. The Hall–Kier alpha value is -1.35. The van der Waals surface area contributed by atoms with Gasteiger partial charge in [0.25, 0.3) is 0 Å². The van der Waals surface area contributed by atoms with Crippen molar-refractivity contribution in [1.82, 2.24) is 9.21 Å². The van der Waals surface area contributed by atoms with Gasteiger partial charge in [-0.1, -0.05) is 6.07 Å². The number of aliphatic hydroxyl groups excluding tert-OH is 1. The summed E-state index contributed by atoms with van der Waals surface area (Å²) in [4.78, 5) is 2.06. The van der Waals surface area contributed by atoms with Crippen LogP contribution in [0, 0.1) is 12.8 Å². The number of methoxy groups -OCH3 is 2. The third-order valence-corrected chi connectivity index (χ3v) is 6.68. The Bertz CT molecular complexity index is 705. The molecule has 0 amide bonds. The van der Waals surface area contributed by atoms with Gasteiger partial charge in [0.2, 0.25) is 10.0 Å². The van der Waals surface area contributed by atoms with Gasteiger partial charge in [-0.25, -0.2) is 12.7 Å². The van der Waals surface area contributed by atoms with Crippen LogP contribution >= 0.6 is 0 Å². The second-order valence-electron chi connectivity index (χ2n) is 6.67. The molecule has 0 aliphatic carbocycles. The number of sulfonamides is 1. The Kier molecular flexibility index (Phi) is 6.31. The van der Waals surface area contributed by atoms with Crippen molar-refractivity contribution in [3.8, 4) is 11.5 Å². The number of rotatable bonds is 7. The zero-order valence-corrected chi connectivity index (χ0v) is 16.3. The highest BCUT2D eigenvalue weighted by molar-refractivity contribution is 7.89. The molecule has 2 atom stereocenters. The van der Waals surface area contributed by atoms with Crippen LogP contribution in [0.15, 0.2) is 12.1 Å². The molecule has 25 heavy (non-hydrogen) atoms. The van der Waals surface area contributed by atoms with E-state index in [9.17, 15) is 13.5 Å². The second kappa shape index (κ2) is 7.90. The van der Waals surface area contributed by atoms with Crippen molar-refractivity contribution in [1.29, 1.82) is 0 Å². The van der Waals surface area contributed by atoms with Gasteiger partial charge in [-0.15, -0.1) is 0 Å². The van der Waals surface area contributed by atoms with E-state index >= 15 is 0 Å². The first-order valence-electron chi connectivity index (χ1n) is 8.20. The van der Waals surface area contributed by atoms with Crippen LogP contribution in [-0.4, -0.2) is 76.0 Å². The third-order valence-electron chi connectivity index (χ3n) is 4.72. The maximum Gasteiger partial charge on any atom is 0.214 e. The van der Waals surface area contributed by atoms with E-state index < -0.39 is 16.1 Å². The van der Waals surface area contributed by atoms with Crippen LogP contribution < -0.4 is 9.47 Å². The molecule has 8 heteroatoms. The maximum absolute atomic E-state index is 12.1. The summed E-state index contributed by atoms with van der Waals surface area (Å²) in [7, 11) is 2.93. The van der Waals surface area contributed by atoms with E-state index in [1.54, 1.807) is 14.2 Å². The minimum atomic E-state index is -3.33. The molecule has 7 nitrogen and oxygen atoms in total. The van der Waals surface area contributed by atoms with Crippen molar-refractivity contribution in [2.45, 2.75) is 19.6 Å². The van der Waals surface area contributed by atoms with Crippen LogP contribution in [0.2, 0.25) is 0 Å². The monoisotopic (exact) mass is 372 g/mol. The van der Waals surface area contributed by atoms with E-state index in [0.29, 0.717) is 19.6 Å². The summed E-state index contributed by atoms with van der Waals surface area (Å²) >= 11 is 0. The number of likely N-dealkylation sites (tertiary alicyclic amines) is 1. The quantitative estimate of drug-likeness (QED) is 0.759. The Morgan fingerprint density at radius 2 is 1.92 bits per heavy atom. The lowest BCUT2D eigenvalue weighted by molar-refractivity contribution is 0.148. The molecule has 0 spiro atoms. The van der Waals surface area contributed by atoms with Gasteiger partial charge in [-0.05, 0) is 13.0 Å². The molecule has 1 saturated heterocycles. The highest BCUT2D eigenvalue weighted by atomic mass is 32.2. The van der Waals surface area contributed by atoms with Crippen molar-refractivity contribution in [2.75, 3.05) is 47.2 Å². The fourth-order valence-electron chi connectivity index (χ4n) is 3.25. The zero-order chi connectivity index (χ0) is 18.8. The van der Waals surface area contributed by atoms with Gasteiger partial charge in [0.1, 0.15) is 11.5 Å². The van der Waals surface area contributed by atoms with Crippen LogP contribution in [0.25, 0.3) is 0 Å². The lowest BCUT2D eigenvalue weighted by atomic mass is 10.1. The van der Waals surface area contributed by atoms with E-state index in [1.807, 2.05) is 19.1 Å². The lowest BCUT2D eigenvalue weighted by Crippen LogP contribution is -2.33. The number of ether oxygens (including phenoxy) is 2. The first-order chi connectivity index (χ1) is 11.7. The molecule has 1 aliphatic heterocycles. The summed E-state index contributed by atoms with van der Waals surface area (Å²) in [5.41, 5.74) is 1.91. The number of β-amino-alcohol motifs (C(OH)–C–C–N with tert-alkyl or cyclic N) is 1. The molecule has 1 N–H and O–H groups in total. The van der Waals surface area contributed by atoms with Crippen LogP contribution in [0.4, 0.5) is 0 Å². The largest absolute Gasteiger partial charge is 0.496 e. The Labute approximate surface area is 150 Å². The summed E-state index contributed by atoms with van der Waals surface area (Å²) in [6.45, 7) is 3.50. The van der Waals surface area contributed by atoms with Gasteiger partial charge in [0.15, 0.2) is 0 Å². The SMILES string of the molecule is COc1ccc(CN2C[C@@H](CS(=O)(=O)N(C)C)[C@H](O)C2)c(OC)c1C. The summed E-state index contributed by atoms with van der Waals surface area (Å²) < 4.78 is 36.2. The van der Waals surface area contributed by atoms with Gasteiger partial charge < -0.3 is 14.6 Å². The molecule has 0 bridgehead atoms. The van der Waals surface area contributed by atoms with Gasteiger partial charge in [0.05, 0.1) is 26.1 Å². The van der Waals surface area contributed by atoms with Crippen molar-refractivity contribution >= 4 is 10.0 Å². The van der Waals surface area contributed by atoms with Gasteiger partial charge in [-0.2, -0.15) is 0 Å². The minimum Gasteiger partial charge on any atom is -0.496 e. The van der Waals surface area contributed by atoms with E-state index in [-0.39, 0.29) is 11.7 Å². The lowest BCUT2D eigenvalue weighted by Gasteiger charge is -2.20. The van der Waals surface area contributed by atoms with E-state index in [2.05, 4.69) is 4.90 Å². The predicted octanol–water partition coefficient (Wildman–Crippen LogP) is 0.696. The van der Waals surface area contributed by atoms with Crippen LogP contribution in [0.5, 0.6) is 11.5 Å². The van der Waals surface area contributed by atoms with E-state index in [0.717, 1.165) is 22.6 Å². The van der Waals surface area contributed by atoms with Crippen molar-refractivity contribution in [3.05, 3.63) is 23.3 Å². The predicted molar refractivity (Wildman–Crippen MR) is 96.5 cm³/mol. The molecule has 1 aromatic carbocycles. The van der Waals surface area contributed by atoms with Gasteiger partial charge in [-0.3, -0.25) is 4.90 Å². The van der Waals surface area contributed by atoms with Gasteiger partial charge >= 0.3 is 0 Å². The Morgan fingerprint density at radius 3 is 2.48 bits per heavy atom. The molecule has 1 aliphatic rings. The molecule has 1 aromatic rings. The normalized spacial score (nSPS) is 21.7. The average molecular weight is 372 g/mol. The summed E-state index contributed by atoms with van der Waals surface area (Å²) in [5.74, 6) is 1.18. The number of hydrogen-bond acceptors (Lipinski definition) is 6. The molecule has 2 rings (SSSR count). The summed E-state index contributed by atoms with van der Waals surface area (Å²) in [6.07, 6.45) is -0.653. The maximum atomic E-state index is 12.1. The third kappa shape index (κ3) is 4.44. The van der Waals surface area contributed by atoms with E-state index in [4.69, 9.17) is 9.47 Å². The molecular weight excluding hydrogens is 344 g/mol. The molecule has 0 radical (unpaired) electrons. The zero-order valence-electron chi connectivity index (χ0n) is 15.5. The summed E-state index contributed by atoms with van der Waals surface area (Å²) in [5, 5.41) is 10.3. The van der Waals surface area contributed by atoms with Crippen molar-refractivity contribution in [3.63, 3.8) is 0 Å². The first kappa shape index (κ1) is 20.0. The van der Waals surface area contributed by atoms with Crippen molar-refractivity contribution < 1.29 is 23.0 Å². The highest BCUT2D eigenvalue weighted by Crippen LogP contribution is 2.33. The second-order valence-corrected chi connectivity index (χ2v) is 8.90.